The number of unbranched alkanes of at least 4 members (excludes halogenated alkanes) is 5. The summed E-state index contributed by atoms with van der Waals surface area (Å²) in [5.74, 6) is -0.708. The molecule has 2 aromatic carbocycles. The second-order valence-electron chi connectivity index (χ2n) is 6.62. The van der Waals surface area contributed by atoms with E-state index in [4.69, 9.17) is 4.74 Å². The summed E-state index contributed by atoms with van der Waals surface area (Å²) in [6.45, 7) is 2.57. The van der Waals surface area contributed by atoms with Crippen molar-refractivity contribution >= 4 is 11.9 Å². The molecule has 1 amide bonds. The lowest BCUT2D eigenvalue weighted by molar-refractivity contribution is -0.146. The van der Waals surface area contributed by atoms with E-state index < -0.39 is 12.0 Å². The molecule has 0 aliphatic carbocycles. The largest absolute Gasteiger partial charge is 0.464 e. The monoisotopic (exact) mass is 367 g/mol. The summed E-state index contributed by atoms with van der Waals surface area (Å²) in [4.78, 5) is 25.1. The van der Waals surface area contributed by atoms with E-state index in [0.29, 0.717) is 12.2 Å². The molecule has 1 N–H and O–H groups in total. The number of ether oxygens (including phenoxy) is 1. The topological polar surface area (TPSA) is 55.4 Å². The highest BCUT2D eigenvalue weighted by atomic mass is 16.5. The maximum atomic E-state index is 12.6. The Bertz CT molecular complexity index is 685. The minimum atomic E-state index is -0.806. The summed E-state index contributed by atoms with van der Waals surface area (Å²) in [7, 11) is 0. The summed E-state index contributed by atoms with van der Waals surface area (Å²) in [5, 5.41) is 2.80. The maximum absolute atomic E-state index is 12.6. The van der Waals surface area contributed by atoms with Gasteiger partial charge in [0.25, 0.3) is 5.91 Å². The van der Waals surface area contributed by atoms with Crippen molar-refractivity contribution in [2.24, 2.45) is 0 Å². The van der Waals surface area contributed by atoms with Crippen LogP contribution in [0.15, 0.2) is 60.7 Å². The average Bonchev–Trinajstić information content (AvgIpc) is 2.72. The Morgan fingerprint density at radius 1 is 0.852 bits per heavy atom. The van der Waals surface area contributed by atoms with Crippen molar-refractivity contribution in [3.63, 3.8) is 0 Å². The molecule has 0 bridgehead atoms. The maximum Gasteiger partial charge on any atom is 0.333 e. The Morgan fingerprint density at radius 3 is 2.11 bits per heavy atom. The Morgan fingerprint density at radius 2 is 1.44 bits per heavy atom. The normalized spacial score (nSPS) is 11.6. The first-order chi connectivity index (χ1) is 13.2. The molecular weight excluding hydrogens is 338 g/mol. The van der Waals surface area contributed by atoms with Gasteiger partial charge in [-0.3, -0.25) is 4.79 Å². The van der Waals surface area contributed by atoms with Crippen molar-refractivity contribution in [3.8, 4) is 0 Å². The number of hydrogen-bond acceptors (Lipinski definition) is 3. The van der Waals surface area contributed by atoms with Crippen molar-refractivity contribution in [2.45, 2.75) is 51.5 Å². The van der Waals surface area contributed by atoms with Gasteiger partial charge in [0.15, 0.2) is 6.04 Å². The number of benzene rings is 2. The first kappa shape index (κ1) is 20.7. The highest BCUT2D eigenvalue weighted by molar-refractivity contribution is 5.97. The van der Waals surface area contributed by atoms with Crippen LogP contribution in [0.25, 0.3) is 0 Å². The first-order valence-corrected chi connectivity index (χ1v) is 9.80. The van der Waals surface area contributed by atoms with Gasteiger partial charge in [-0.05, 0) is 24.1 Å². The number of amides is 1. The van der Waals surface area contributed by atoms with Crippen LogP contribution in [0.4, 0.5) is 0 Å². The molecule has 0 saturated carbocycles. The van der Waals surface area contributed by atoms with Crippen LogP contribution in [0.1, 0.15) is 67.4 Å². The fraction of sp³-hybridized carbons (Fsp3) is 0.391. The number of esters is 1. The Hall–Kier alpha value is -2.62. The van der Waals surface area contributed by atoms with E-state index in [9.17, 15) is 9.59 Å². The zero-order chi connectivity index (χ0) is 19.3. The fourth-order valence-corrected chi connectivity index (χ4v) is 2.87. The Balaban J connectivity index is 1.92. The van der Waals surface area contributed by atoms with E-state index in [-0.39, 0.29) is 5.91 Å². The predicted octanol–water partition coefficient (Wildman–Crippen LogP) is 5.06. The first-order valence-electron chi connectivity index (χ1n) is 9.80. The lowest BCUT2D eigenvalue weighted by atomic mass is 10.1. The summed E-state index contributed by atoms with van der Waals surface area (Å²) >= 11 is 0. The third kappa shape index (κ3) is 7.26. The minimum absolute atomic E-state index is 0.291. The van der Waals surface area contributed by atoms with Crippen molar-refractivity contribution in [2.75, 3.05) is 6.61 Å². The molecule has 0 saturated heterocycles. The smallest absolute Gasteiger partial charge is 0.333 e. The molecule has 0 aromatic heterocycles. The molecular formula is C23H29NO3. The lowest BCUT2D eigenvalue weighted by Gasteiger charge is -2.18. The molecule has 0 aliphatic rings. The van der Waals surface area contributed by atoms with E-state index in [1.165, 1.54) is 19.3 Å². The summed E-state index contributed by atoms with van der Waals surface area (Å²) in [6.07, 6.45) is 6.77. The zero-order valence-corrected chi connectivity index (χ0v) is 16.0. The van der Waals surface area contributed by atoms with Crippen molar-refractivity contribution in [3.05, 3.63) is 71.8 Å². The van der Waals surface area contributed by atoms with E-state index >= 15 is 0 Å². The minimum Gasteiger partial charge on any atom is -0.464 e. The second-order valence-corrected chi connectivity index (χ2v) is 6.62. The van der Waals surface area contributed by atoms with Gasteiger partial charge < -0.3 is 10.1 Å². The molecule has 2 rings (SSSR count). The van der Waals surface area contributed by atoms with Gasteiger partial charge >= 0.3 is 5.97 Å². The van der Waals surface area contributed by atoms with Crippen LogP contribution in [0.3, 0.4) is 0 Å². The lowest BCUT2D eigenvalue weighted by Crippen LogP contribution is -2.35. The van der Waals surface area contributed by atoms with E-state index in [2.05, 4.69) is 12.2 Å². The van der Waals surface area contributed by atoms with E-state index in [0.717, 1.165) is 24.8 Å². The molecule has 2 aromatic rings. The Kier molecular flexibility index (Phi) is 9.11. The van der Waals surface area contributed by atoms with Crippen LogP contribution < -0.4 is 5.32 Å². The number of nitrogens with one attached hydrogen (secondary N) is 1. The number of rotatable bonds is 11. The van der Waals surface area contributed by atoms with Crippen LogP contribution in [-0.2, 0) is 9.53 Å². The van der Waals surface area contributed by atoms with Crippen molar-refractivity contribution < 1.29 is 14.3 Å². The highest BCUT2D eigenvalue weighted by Gasteiger charge is 2.24. The van der Waals surface area contributed by atoms with Gasteiger partial charge in [-0.1, -0.05) is 87.6 Å². The Labute approximate surface area is 161 Å². The molecule has 1 atom stereocenters. The van der Waals surface area contributed by atoms with Crippen LogP contribution in [0, 0.1) is 0 Å². The van der Waals surface area contributed by atoms with Crippen LogP contribution >= 0.6 is 0 Å². The van der Waals surface area contributed by atoms with Crippen LogP contribution in [0.2, 0.25) is 0 Å². The number of carbonyl (C=O) groups excluding carboxylic acids is 2. The van der Waals surface area contributed by atoms with Gasteiger partial charge in [-0.15, -0.1) is 0 Å². The second kappa shape index (κ2) is 11.9. The van der Waals surface area contributed by atoms with Crippen LogP contribution in [-0.4, -0.2) is 18.5 Å². The SMILES string of the molecule is CCCCCCCCOC(=O)[C@@H](NC(=O)c1ccccc1)c1ccccc1. The summed E-state index contributed by atoms with van der Waals surface area (Å²) < 4.78 is 5.45. The van der Waals surface area contributed by atoms with Gasteiger partial charge in [0.05, 0.1) is 6.61 Å². The van der Waals surface area contributed by atoms with Gasteiger partial charge in [0.2, 0.25) is 0 Å². The third-order valence-electron chi connectivity index (χ3n) is 4.42. The highest BCUT2D eigenvalue weighted by Crippen LogP contribution is 2.16. The van der Waals surface area contributed by atoms with Gasteiger partial charge in [-0.25, -0.2) is 4.79 Å². The molecule has 4 heteroatoms. The molecule has 0 spiro atoms. The molecule has 0 heterocycles. The van der Waals surface area contributed by atoms with E-state index in [1.807, 2.05) is 36.4 Å². The summed E-state index contributed by atoms with van der Waals surface area (Å²) in [5.41, 5.74) is 1.23. The standard InChI is InChI=1S/C23H29NO3/c1-2-3-4-5-6-13-18-27-23(26)21(19-14-9-7-10-15-19)24-22(25)20-16-11-8-12-17-20/h7-12,14-17,21H,2-6,13,18H2,1H3,(H,24,25)/t21-/m0/s1. The van der Waals surface area contributed by atoms with Crippen molar-refractivity contribution in [1.82, 2.24) is 5.32 Å². The average molecular weight is 367 g/mol. The number of carbonyl (C=O) groups is 2. The molecule has 0 fully saturated rings. The quantitative estimate of drug-likeness (QED) is 0.446. The molecule has 0 unspecified atom stereocenters. The zero-order valence-electron chi connectivity index (χ0n) is 16.0. The van der Waals surface area contributed by atoms with E-state index in [1.54, 1.807) is 24.3 Å². The van der Waals surface area contributed by atoms with Gasteiger partial charge in [0, 0.05) is 5.56 Å². The summed E-state index contributed by atoms with van der Waals surface area (Å²) in [6, 6.07) is 17.3. The molecule has 0 aliphatic heterocycles. The van der Waals surface area contributed by atoms with Crippen LogP contribution in [0.5, 0.6) is 0 Å². The third-order valence-corrected chi connectivity index (χ3v) is 4.42. The van der Waals surface area contributed by atoms with Crippen molar-refractivity contribution in [1.29, 1.82) is 0 Å². The molecule has 0 radical (unpaired) electrons. The van der Waals surface area contributed by atoms with Gasteiger partial charge in [0.1, 0.15) is 0 Å². The molecule has 27 heavy (non-hydrogen) atoms. The van der Waals surface area contributed by atoms with Gasteiger partial charge in [-0.2, -0.15) is 0 Å². The fourth-order valence-electron chi connectivity index (χ4n) is 2.87. The molecule has 144 valence electrons. The molecule has 4 nitrogen and oxygen atoms in total. The number of hydrogen-bond donors (Lipinski definition) is 1. The predicted molar refractivity (Wildman–Crippen MR) is 107 cm³/mol.